The van der Waals surface area contributed by atoms with Crippen LogP contribution in [0, 0.1) is 0 Å². The van der Waals surface area contributed by atoms with Crippen molar-refractivity contribution in [3.8, 4) is 0 Å². The Morgan fingerprint density at radius 3 is 1.95 bits per heavy atom. The summed E-state index contributed by atoms with van der Waals surface area (Å²) in [4.78, 5) is 0. The second-order valence-corrected chi connectivity index (χ2v) is 7.48. The molecule has 9 heteroatoms. The molecule has 0 atom stereocenters. The highest BCUT2D eigenvalue weighted by atomic mass is 32.2. The number of primary sulfonamides is 1. The first-order valence-corrected chi connectivity index (χ1v) is 9.20. The van der Waals surface area contributed by atoms with Gasteiger partial charge in [-0.25, -0.2) is 13.6 Å². The van der Waals surface area contributed by atoms with E-state index in [-0.39, 0.29) is 5.75 Å². The summed E-state index contributed by atoms with van der Waals surface area (Å²) >= 11 is 0. The summed E-state index contributed by atoms with van der Waals surface area (Å²) in [5.41, 5.74) is 0.869. The first kappa shape index (κ1) is 16.9. The zero-order valence-electron chi connectivity index (χ0n) is 11.4. The minimum atomic E-state index is -3.59. The Morgan fingerprint density at radius 1 is 1.05 bits per heavy atom. The van der Waals surface area contributed by atoms with Crippen LogP contribution in [0.4, 0.5) is 5.69 Å². The molecular weight excluding hydrogens is 302 g/mol. The molecule has 0 heterocycles. The summed E-state index contributed by atoms with van der Waals surface area (Å²) in [7, 11) is -7.18. The normalized spacial score (nSPS) is 12.6. The molecule has 0 spiro atoms. The van der Waals surface area contributed by atoms with Crippen molar-refractivity contribution in [2.45, 2.75) is 19.6 Å². The molecule has 0 aliphatic rings. The van der Waals surface area contributed by atoms with E-state index in [1.165, 1.54) is 28.6 Å². The van der Waals surface area contributed by atoms with Crippen molar-refractivity contribution < 1.29 is 16.8 Å². The molecule has 3 N–H and O–H groups in total. The van der Waals surface area contributed by atoms with E-state index in [0.717, 1.165) is 0 Å². The third-order valence-electron chi connectivity index (χ3n) is 2.61. The van der Waals surface area contributed by atoms with Crippen LogP contribution in [-0.2, 0) is 26.0 Å². The maximum Gasteiger partial charge on any atom is 0.301 e. The molecule has 1 aromatic rings. The zero-order valence-corrected chi connectivity index (χ0v) is 13.0. The Balaban J connectivity index is 2.85. The fourth-order valence-corrected chi connectivity index (χ4v) is 3.58. The molecule has 0 saturated carbocycles. The number of hydrogen-bond acceptors (Lipinski definition) is 4. The highest BCUT2D eigenvalue weighted by molar-refractivity contribution is 7.90. The van der Waals surface area contributed by atoms with Gasteiger partial charge in [-0.15, -0.1) is 0 Å². The van der Waals surface area contributed by atoms with E-state index in [9.17, 15) is 16.8 Å². The predicted molar refractivity (Wildman–Crippen MR) is 78.7 cm³/mol. The highest BCUT2D eigenvalue weighted by Crippen LogP contribution is 2.14. The van der Waals surface area contributed by atoms with Gasteiger partial charge in [-0.3, -0.25) is 4.72 Å². The Hall–Kier alpha value is -1.16. The Bertz CT molecular complexity index is 635. The number of sulfonamides is 1. The molecule has 0 aromatic heterocycles. The van der Waals surface area contributed by atoms with E-state index in [0.29, 0.717) is 24.3 Å². The lowest BCUT2D eigenvalue weighted by Gasteiger charge is -2.19. The minimum Gasteiger partial charge on any atom is -0.271 e. The molecule has 20 heavy (non-hydrogen) atoms. The summed E-state index contributed by atoms with van der Waals surface area (Å²) < 4.78 is 49.5. The maximum absolute atomic E-state index is 12.0. The third kappa shape index (κ3) is 5.08. The number of nitrogens with zero attached hydrogens (tertiary/aromatic N) is 1. The van der Waals surface area contributed by atoms with Crippen molar-refractivity contribution in [2.24, 2.45) is 5.14 Å². The van der Waals surface area contributed by atoms with E-state index in [2.05, 4.69) is 4.72 Å². The maximum atomic E-state index is 12.0. The average molecular weight is 321 g/mol. The van der Waals surface area contributed by atoms with Crippen molar-refractivity contribution in [1.82, 2.24) is 4.31 Å². The van der Waals surface area contributed by atoms with Crippen molar-refractivity contribution in [3.05, 3.63) is 29.8 Å². The van der Waals surface area contributed by atoms with Gasteiger partial charge in [-0.2, -0.15) is 12.7 Å². The van der Waals surface area contributed by atoms with E-state index in [4.69, 9.17) is 5.14 Å². The van der Waals surface area contributed by atoms with Crippen LogP contribution >= 0.6 is 0 Å². The first-order chi connectivity index (χ1) is 9.18. The fourth-order valence-electron chi connectivity index (χ4n) is 1.68. The number of anilines is 1. The molecule has 1 rings (SSSR count). The monoisotopic (exact) mass is 321 g/mol. The molecule has 1 aromatic carbocycles. The molecule has 0 bridgehead atoms. The lowest BCUT2D eigenvalue weighted by atomic mass is 10.2. The van der Waals surface area contributed by atoms with E-state index >= 15 is 0 Å². The number of hydrogen-bond donors (Lipinski definition) is 2. The van der Waals surface area contributed by atoms with Crippen LogP contribution in [0.15, 0.2) is 24.3 Å². The van der Waals surface area contributed by atoms with Crippen LogP contribution < -0.4 is 9.86 Å². The Labute approximate surface area is 120 Å². The van der Waals surface area contributed by atoms with Gasteiger partial charge in [0.2, 0.25) is 10.0 Å². The summed E-state index contributed by atoms with van der Waals surface area (Å²) in [6, 6.07) is 6.04. The van der Waals surface area contributed by atoms with Crippen molar-refractivity contribution in [1.29, 1.82) is 0 Å². The van der Waals surface area contributed by atoms with Crippen molar-refractivity contribution >= 4 is 25.9 Å². The molecular formula is C11H19N3O4S2. The van der Waals surface area contributed by atoms with Crippen LogP contribution in [0.25, 0.3) is 0 Å². The molecule has 0 fully saturated rings. The van der Waals surface area contributed by atoms with E-state index in [1.54, 1.807) is 13.8 Å². The summed E-state index contributed by atoms with van der Waals surface area (Å²) in [6.07, 6.45) is 0. The highest BCUT2D eigenvalue weighted by Gasteiger charge is 2.18. The van der Waals surface area contributed by atoms with Crippen LogP contribution in [-0.4, -0.2) is 34.2 Å². The van der Waals surface area contributed by atoms with Gasteiger partial charge in [0.05, 0.1) is 5.75 Å². The van der Waals surface area contributed by atoms with Gasteiger partial charge in [0.1, 0.15) is 0 Å². The standard InChI is InChI=1S/C11H19N3O4S2/c1-3-14(4-2)20(17,18)13-11-7-5-10(6-8-11)9-19(12,15)16/h5-8,13H,3-4,9H2,1-2H3,(H2,12,15,16). The number of benzene rings is 1. The molecule has 0 amide bonds. The smallest absolute Gasteiger partial charge is 0.271 e. The van der Waals surface area contributed by atoms with Gasteiger partial charge < -0.3 is 0 Å². The molecule has 0 unspecified atom stereocenters. The lowest BCUT2D eigenvalue weighted by Crippen LogP contribution is -2.35. The van der Waals surface area contributed by atoms with Crippen LogP contribution in [0.3, 0.4) is 0 Å². The molecule has 0 radical (unpaired) electrons. The van der Waals surface area contributed by atoms with Gasteiger partial charge in [0.15, 0.2) is 0 Å². The zero-order chi connectivity index (χ0) is 15.4. The largest absolute Gasteiger partial charge is 0.301 e. The van der Waals surface area contributed by atoms with E-state index < -0.39 is 20.2 Å². The number of nitrogens with two attached hydrogens (primary N) is 1. The Morgan fingerprint density at radius 2 is 1.55 bits per heavy atom. The second-order valence-electron chi connectivity index (χ2n) is 4.20. The topological polar surface area (TPSA) is 110 Å². The summed E-state index contributed by atoms with van der Waals surface area (Å²) in [6.45, 7) is 4.24. The number of nitrogens with one attached hydrogen (secondary N) is 1. The summed E-state index contributed by atoms with van der Waals surface area (Å²) in [5, 5.41) is 4.94. The Kier molecular flexibility index (Phi) is 5.51. The van der Waals surface area contributed by atoms with Gasteiger partial charge in [-0.05, 0) is 17.7 Å². The molecule has 114 valence electrons. The van der Waals surface area contributed by atoms with Crippen molar-refractivity contribution in [2.75, 3.05) is 17.8 Å². The third-order valence-corrected chi connectivity index (χ3v) is 5.04. The first-order valence-electron chi connectivity index (χ1n) is 6.05. The second kappa shape index (κ2) is 6.53. The molecule has 0 saturated heterocycles. The average Bonchev–Trinajstić information content (AvgIpc) is 2.30. The minimum absolute atomic E-state index is 0.282. The van der Waals surface area contributed by atoms with Crippen LogP contribution in [0.2, 0.25) is 0 Å². The fraction of sp³-hybridized carbons (Fsp3) is 0.455. The predicted octanol–water partition coefficient (Wildman–Crippen LogP) is 0.474. The SMILES string of the molecule is CCN(CC)S(=O)(=O)Nc1ccc(CS(N)(=O)=O)cc1. The van der Waals surface area contributed by atoms with Gasteiger partial charge in [0, 0.05) is 18.8 Å². The van der Waals surface area contributed by atoms with Crippen molar-refractivity contribution in [3.63, 3.8) is 0 Å². The van der Waals surface area contributed by atoms with Crippen LogP contribution in [0.5, 0.6) is 0 Å². The number of rotatable bonds is 7. The van der Waals surface area contributed by atoms with Gasteiger partial charge >= 0.3 is 10.2 Å². The molecule has 0 aliphatic carbocycles. The van der Waals surface area contributed by atoms with E-state index in [1.807, 2.05) is 0 Å². The molecule has 0 aliphatic heterocycles. The van der Waals surface area contributed by atoms with Gasteiger partial charge in [-0.1, -0.05) is 26.0 Å². The molecule has 7 nitrogen and oxygen atoms in total. The summed E-state index contributed by atoms with van der Waals surface area (Å²) in [5.74, 6) is -0.282. The lowest BCUT2D eigenvalue weighted by molar-refractivity contribution is 0.449. The van der Waals surface area contributed by atoms with Crippen LogP contribution in [0.1, 0.15) is 19.4 Å². The quantitative estimate of drug-likeness (QED) is 0.760. The van der Waals surface area contributed by atoms with Gasteiger partial charge in [0.25, 0.3) is 0 Å².